The lowest BCUT2D eigenvalue weighted by molar-refractivity contribution is 0.308. The highest BCUT2D eigenvalue weighted by Gasteiger charge is 2.57. The maximum Gasteiger partial charge on any atom is 0.137 e. The topological polar surface area (TPSA) is 45.1 Å². The fourth-order valence-corrected chi connectivity index (χ4v) is 2.39. The van der Waals surface area contributed by atoms with E-state index in [0.29, 0.717) is 5.71 Å². The van der Waals surface area contributed by atoms with Gasteiger partial charge in [-0.05, 0) is 12.5 Å². The molecule has 0 aromatic heterocycles. The molecule has 0 saturated carbocycles. The largest absolute Gasteiger partial charge is 0.411 e. The smallest absolute Gasteiger partial charge is 0.137 e. The molecule has 1 aliphatic rings. The van der Waals surface area contributed by atoms with Crippen LogP contribution in [0.15, 0.2) is 65.8 Å². The minimum Gasteiger partial charge on any atom is -0.411 e. The highest BCUT2D eigenvalue weighted by Crippen LogP contribution is 2.47. The zero-order valence-corrected chi connectivity index (χ0v) is 10.7. The van der Waals surface area contributed by atoms with Crippen LogP contribution < -0.4 is 0 Å². The molecule has 2 aromatic rings. The lowest BCUT2D eigenvalue weighted by Gasteiger charge is -2.07. The van der Waals surface area contributed by atoms with Crippen molar-refractivity contribution in [3.05, 3.63) is 71.8 Å². The fraction of sp³-hybridized carbons (Fsp3) is 0.188. The zero-order valence-electron chi connectivity index (χ0n) is 10.7. The van der Waals surface area contributed by atoms with Gasteiger partial charge in [-0.3, -0.25) is 0 Å². The van der Waals surface area contributed by atoms with Crippen LogP contribution in [-0.2, 0) is 10.3 Å². The Kier molecular flexibility index (Phi) is 2.84. The SMILES string of the molecule is CC1(c2ccccc2)OC1C(=NO)c1ccccc1. The first-order valence-corrected chi connectivity index (χ1v) is 6.26. The Hall–Kier alpha value is -2.13. The van der Waals surface area contributed by atoms with E-state index in [1.165, 1.54) is 0 Å². The molecule has 3 nitrogen and oxygen atoms in total. The Labute approximate surface area is 112 Å². The van der Waals surface area contributed by atoms with E-state index in [1.54, 1.807) is 0 Å². The van der Waals surface area contributed by atoms with Crippen LogP contribution in [-0.4, -0.2) is 17.0 Å². The molecule has 0 spiro atoms. The second kappa shape index (κ2) is 4.52. The van der Waals surface area contributed by atoms with E-state index in [1.807, 2.05) is 67.6 Å². The van der Waals surface area contributed by atoms with Crippen LogP contribution >= 0.6 is 0 Å². The average Bonchev–Trinajstić information content (AvgIpc) is 3.15. The van der Waals surface area contributed by atoms with E-state index in [9.17, 15) is 5.21 Å². The maximum absolute atomic E-state index is 9.28. The molecule has 2 atom stereocenters. The lowest BCUT2D eigenvalue weighted by atomic mass is 9.93. The van der Waals surface area contributed by atoms with Crippen LogP contribution in [0.2, 0.25) is 0 Å². The summed E-state index contributed by atoms with van der Waals surface area (Å²) in [6, 6.07) is 19.6. The Balaban J connectivity index is 1.90. The monoisotopic (exact) mass is 253 g/mol. The highest BCUT2D eigenvalue weighted by atomic mass is 16.6. The van der Waals surface area contributed by atoms with Gasteiger partial charge >= 0.3 is 0 Å². The van der Waals surface area contributed by atoms with E-state index >= 15 is 0 Å². The van der Waals surface area contributed by atoms with Gasteiger partial charge in [0.25, 0.3) is 0 Å². The van der Waals surface area contributed by atoms with Crippen molar-refractivity contribution in [2.75, 3.05) is 0 Å². The molecule has 96 valence electrons. The molecule has 3 rings (SSSR count). The van der Waals surface area contributed by atoms with E-state index in [2.05, 4.69) is 5.16 Å². The molecular formula is C16H15NO2. The number of hydrogen-bond donors (Lipinski definition) is 1. The van der Waals surface area contributed by atoms with Gasteiger partial charge in [0.2, 0.25) is 0 Å². The standard InChI is InChI=1S/C16H15NO2/c1-16(13-10-6-3-7-11-13)15(19-16)14(17-18)12-8-4-2-5-9-12/h2-11,15,18H,1H3. The minimum atomic E-state index is -0.404. The molecule has 1 aliphatic heterocycles. The predicted molar refractivity (Wildman–Crippen MR) is 73.4 cm³/mol. The van der Waals surface area contributed by atoms with Crippen molar-refractivity contribution in [2.45, 2.75) is 18.6 Å². The normalized spacial score (nSPS) is 26.2. The van der Waals surface area contributed by atoms with Crippen LogP contribution in [0.25, 0.3) is 0 Å². The number of benzene rings is 2. The summed E-state index contributed by atoms with van der Waals surface area (Å²) in [6.45, 7) is 2.02. The first-order valence-electron chi connectivity index (χ1n) is 6.26. The Bertz CT molecular complexity index is 595. The lowest BCUT2D eigenvalue weighted by Crippen LogP contribution is -2.17. The molecule has 19 heavy (non-hydrogen) atoms. The summed E-state index contributed by atoms with van der Waals surface area (Å²) in [5.41, 5.74) is 2.15. The van der Waals surface area contributed by atoms with Crippen molar-refractivity contribution in [1.29, 1.82) is 0 Å². The quantitative estimate of drug-likeness (QED) is 0.395. The number of epoxide rings is 1. The van der Waals surface area contributed by atoms with E-state index in [0.717, 1.165) is 11.1 Å². The van der Waals surface area contributed by atoms with Gasteiger partial charge in [-0.2, -0.15) is 0 Å². The Morgan fingerprint density at radius 1 is 1.05 bits per heavy atom. The third-order valence-corrected chi connectivity index (χ3v) is 3.58. The number of rotatable bonds is 3. The number of hydrogen-bond acceptors (Lipinski definition) is 3. The van der Waals surface area contributed by atoms with Gasteiger partial charge in [0.1, 0.15) is 17.4 Å². The van der Waals surface area contributed by atoms with E-state index in [4.69, 9.17) is 4.74 Å². The van der Waals surface area contributed by atoms with Crippen molar-refractivity contribution in [3.8, 4) is 0 Å². The minimum absolute atomic E-state index is 0.206. The summed E-state index contributed by atoms with van der Waals surface area (Å²) in [4.78, 5) is 0. The third-order valence-electron chi connectivity index (χ3n) is 3.58. The van der Waals surface area contributed by atoms with E-state index in [-0.39, 0.29) is 6.10 Å². The molecule has 1 saturated heterocycles. The van der Waals surface area contributed by atoms with Crippen LogP contribution in [0.4, 0.5) is 0 Å². The van der Waals surface area contributed by atoms with Gasteiger partial charge in [0.15, 0.2) is 0 Å². The molecule has 0 bridgehead atoms. The van der Waals surface area contributed by atoms with Gasteiger partial charge in [0, 0.05) is 5.56 Å². The molecule has 1 heterocycles. The second-order valence-electron chi connectivity index (χ2n) is 4.82. The molecular weight excluding hydrogens is 238 g/mol. The van der Waals surface area contributed by atoms with Crippen molar-refractivity contribution in [2.24, 2.45) is 5.16 Å². The van der Waals surface area contributed by atoms with Gasteiger partial charge in [-0.15, -0.1) is 0 Å². The summed E-state index contributed by atoms with van der Waals surface area (Å²) in [5, 5.41) is 12.7. The Morgan fingerprint density at radius 3 is 2.21 bits per heavy atom. The predicted octanol–water partition coefficient (Wildman–Crippen LogP) is 3.18. The number of ether oxygens (including phenoxy) is 1. The number of nitrogens with zero attached hydrogens (tertiary/aromatic N) is 1. The Morgan fingerprint density at radius 2 is 1.63 bits per heavy atom. The molecule has 1 fully saturated rings. The molecule has 0 radical (unpaired) electrons. The van der Waals surface area contributed by atoms with Crippen LogP contribution in [0.3, 0.4) is 0 Å². The second-order valence-corrected chi connectivity index (χ2v) is 4.82. The van der Waals surface area contributed by atoms with Gasteiger partial charge in [-0.1, -0.05) is 65.8 Å². The summed E-state index contributed by atoms with van der Waals surface area (Å²) in [5.74, 6) is 0. The average molecular weight is 253 g/mol. The molecule has 1 N–H and O–H groups in total. The number of oxime groups is 1. The van der Waals surface area contributed by atoms with Crippen LogP contribution in [0.5, 0.6) is 0 Å². The van der Waals surface area contributed by atoms with Gasteiger partial charge in [0.05, 0.1) is 0 Å². The van der Waals surface area contributed by atoms with Gasteiger partial charge < -0.3 is 9.94 Å². The van der Waals surface area contributed by atoms with Gasteiger partial charge in [-0.25, -0.2) is 0 Å². The summed E-state index contributed by atoms with van der Waals surface area (Å²) in [6.07, 6.45) is -0.206. The molecule has 0 amide bonds. The first-order chi connectivity index (χ1) is 9.25. The summed E-state index contributed by atoms with van der Waals surface area (Å²) in [7, 11) is 0. The van der Waals surface area contributed by atoms with Crippen molar-refractivity contribution in [3.63, 3.8) is 0 Å². The molecule has 2 unspecified atom stereocenters. The van der Waals surface area contributed by atoms with Crippen molar-refractivity contribution >= 4 is 5.71 Å². The summed E-state index contributed by atoms with van der Waals surface area (Å²) < 4.78 is 5.81. The highest BCUT2D eigenvalue weighted by molar-refractivity contribution is 6.05. The third kappa shape index (κ3) is 2.02. The van der Waals surface area contributed by atoms with Crippen LogP contribution in [0, 0.1) is 0 Å². The van der Waals surface area contributed by atoms with Crippen molar-refractivity contribution in [1.82, 2.24) is 0 Å². The van der Waals surface area contributed by atoms with Crippen LogP contribution in [0.1, 0.15) is 18.1 Å². The fourth-order valence-electron chi connectivity index (χ4n) is 2.39. The van der Waals surface area contributed by atoms with E-state index < -0.39 is 5.60 Å². The molecule has 0 aliphatic carbocycles. The molecule has 2 aromatic carbocycles. The maximum atomic E-state index is 9.28. The molecule has 3 heteroatoms. The zero-order chi connectivity index (χ0) is 13.3. The van der Waals surface area contributed by atoms with Crippen molar-refractivity contribution < 1.29 is 9.94 Å². The summed E-state index contributed by atoms with van der Waals surface area (Å²) >= 11 is 0. The first kappa shape index (κ1) is 11.9.